The lowest BCUT2D eigenvalue weighted by Gasteiger charge is -2.33. The Morgan fingerprint density at radius 2 is 2.23 bits per heavy atom. The van der Waals surface area contributed by atoms with Gasteiger partial charge < -0.3 is 15.4 Å². The Bertz CT molecular complexity index is 521. The maximum atomic E-state index is 12.7. The highest BCUT2D eigenvalue weighted by Gasteiger charge is 2.26. The largest absolute Gasteiger partial charge is 0.496 e. The summed E-state index contributed by atoms with van der Waals surface area (Å²) in [6.45, 7) is 3.80. The maximum absolute atomic E-state index is 12.7. The molecule has 0 radical (unpaired) electrons. The summed E-state index contributed by atoms with van der Waals surface area (Å²) < 4.78 is 5.28. The first kappa shape index (κ1) is 18.9. The molecule has 1 heterocycles. The van der Waals surface area contributed by atoms with Crippen LogP contribution in [-0.4, -0.2) is 31.0 Å². The number of rotatable bonds is 4. The van der Waals surface area contributed by atoms with Crippen molar-refractivity contribution in [3.63, 3.8) is 0 Å². The molecule has 4 nitrogen and oxygen atoms in total. The average Bonchev–Trinajstić information content (AvgIpc) is 2.49. The molecule has 0 saturated carbocycles. The number of carbonyl (C=O) groups excluding carboxylic acids is 1. The fourth-order valence-electron chi connectivity index (χ4n) is 2.97. The number of benzene rings is 1. The smallest absolute Gasteiger partial charge is 0.257 e. The van der Waals surface area contributed by atoms with Crippen LogP contribution in [0.25, 0.3) is 0 Å². The number of ether oxygens (including phenoxy) is 1. The van der Waals surface area contributed by atoms with Gasteiger partial charge in [0.1, 0.15) is 5.75 Å². The molecule has 1 aromatic carbocycles. The van der Waals surface area contributed by atoms with E-state index in [9.17, 15) is 4.79 Å². The van der Waals surface area contributed by atoms with Gasteiger partial charge in [-0.05, 0) is 31.2 Å². The summed E-state index contributed by atoms with van der Waals surface area (Å²) in [6.07, 6.45) is 4.59. The van der Waals surface area contributed by atoms with Crippen molar-refractivity contribution in [2.24, 2.45) is 5.92 Å². The first-order chi connectivity index (χ1) is 10.1. The van der Waals surface area contributed by atoms with Gasteiger partial charge in [-0.2, -0.15) is 0 Å². The third kappa shape index (κ3) is 4.20. The van der Waals surface area contributed by atoms with E-state index >= 15 is 0 Å². The lowest BCUT2D eigenvalue weighted by Crippen LogP contribution is -2.40. The van der Waals surface area contributed by atoms with Crippen LogP contribution in [0, 0.1) is 5.92 Å². The first-order valence-electron chi connectivity index (χ1n) is 7.49. The number of anilines is 1. The van der Waals surface area contributed by atoms with Gasteiger partial charge in [-0.15, -0.1) is 12.4 Å². The molecular formula is C16H24Cl2N2O2. The van der Waals surface area contributed by atoms with E-state index in [1.165, 1.54) is 20.0 Å². The van der Waals surface area contributed by atoms with E-state index in [4.69, 9.17) is 22.1 Å². The van der Waals surface area contributed by atoms with Gasteiger partial charge in [0.15, 0.2) is 0 Å². The Hall–Kier alpha value is -1.13. The van der Waals surface area contributed by atoms with Crippen LogP contribution in [0.1, 0.15) is 43.0 Å². The second kappa shape index (κ2) is 8.49. The Morgan fingerprint density at radius 1 is 1.50 bits per heavy atom. The number of piperidine rings is 1. The number of nitrogen functional groups attached to an aromatic ring is 1. The fraction of sp³-hybridized carbons (Fsp3) is 0.562. The third-order valence-corrected chi connectivity index (χ3v) is 4.38. The molecule has 6 heteroatoms. The van der Waals surface area contributed by atoms with Crippen LogP contribution < -0.4 is 10.5 Å². The first-order valence-corrected chi connectivity index (χ1v) is 7.86. The molecule has 1 saturated heterocycles. The molecule has 22 heavy (non-hydrogen) atoms. The third-order valence-electron chi connectivity index (χ3n) is 4.05. The van der Waals surface area contributed by atoms with E-state index in [0.29, 0.717) is 27.9 Å². The summed E-state index contributed by atoms with van der Waals surface area (Å²) in [5, 5.41) is 0.390. The zero-order valence-corrected chi connectivity index (χ0v) is 14.7. The molecule has 0 aromatic heterocycles. The van der Waals surface area contributed by atoms with Crippen molar-refractivity contribution in [2.75, 3.05) is 25.9 Å². The van der Waals surface area contributed by atoms with Crippen LogP contribution in [0.2, 0.25) is 5.02 Å². The predicted molar refractivity (Wildman–Crippen MR) is 93.2 cm³/mol. The van der Waals surface area contributed by atoms with Gasteiger partial charge in [-0.1, -0.05) is 24.9 Å². The molecule has 1 aromatic rings. The molecule has 1 aliphatic heterocycles. The fourth-order valence-corrected chi connectivity index (χ4v) is 3.13. The van der Waals surface area contributed by atoms with Crippen molar-refractivity contribution in [2.45, 2.75) is 32.6 Å². The lowest BCUT2D eigenvalue weighted by molar-refractivity contribution is 0.0664. The normalized spacial score (nSPS) is 17.8. The minimum absolute atomic E-state index is 0. The van der Waals surface area contributed by atoms with Crippen molar-refractivity contribution in [1.82, 2.24) is 4.90 Å². The highest BCUT2D eigenvalue weighted by Crippen LogP contribution is 2.31. The van der Waals surface area contributed by atoms with Crippen molar-refractivity contribution in [1.29, 1.82) is 0 Å². The summed E-state index contributed by atoms with van der Waals surface area (Å²) in [5.74, 6) is 1.07. The number of likely N-dealkylation sites (tertiary alicyclic amines) is 1. The lowest BCUT2D eigenvalue weighted by atomic mass is 9.93. The number of nitrogens with zero attached hydrogens (tertiary/aromatic N) is 1. The molecule has 2 rings (SSSR count). The zero-order chi connectivity index (χ0) is 15.4. The summed E-state index contributed by atoms with van der Waals surface area (Å²) in [5.41, 5.74) is 6.69. The molecule has 124 valence electrons. The second-order valence-electron chi connectivity index (χ2n) is 5.62. The van der Waals surface area contributed by atoms with Crippen molar-refractivity contribution in [3.8, 4) is 5.75 Å². The van der Waals surface area contributed by atoms with Gasteiger partial charge in [0.2, 0.25) is 0 Å². The van der Waals surface area contributed by atoms with Crippen LogP contribution >= 0.6 is 24.0 Å². The van der Waals surface area contributed by atoms with Gasteiger partial charge in [-0.3, -0.25) is 4.79 Å². The second-order valence-corrected chi connectivity index (χ2v) is 6.03. The monoisotopic (exact) mass is 346 g/mol. The van der Waals surface area contributed by atoms with E-state index < -0.39 is 0 Å². The molecule has 1 amide bonds. The van der Waals surface area contributed by atoms with Crippen molar-refractivity contribution in [3.05, 3.63) is 22.7 Å². The summed E-state index contributed by atoms with van der Waals surface area (Å²) in [6, 6.07) is 3.23. The van der Waals surface area contributed by atoms with Crippen LogP contribution in [-0.2, 0) is 0 Å². The van der Waals surface area contributed by atoms with Crippen molar-refractivity contribution < 1.29 is 9.53 Å². The molecular weight excluding hydrogens is 323 g/mol. The maximum Gasteiger partial charge on any atom is 0.257 e. The average molecular weight is 347 g/mol. The number of hydrogen-bond acceptors (Lipinski definition) is 3. The Labute approximate surface area is 143 Å². The zero-order valence-electron chi connectivity index (χ0n) is 13.1. The van der Waals surface area contributed by atoms with Crippen LogP contribution in [0.4, 0.5) is 5.69 Å². The van der Waals surface area contributed by atoms with Gasteiger partial charge in [0.05, 0.1) is 23.4 Å². The van der Waals surface area contributed by atoms with Gasteiger partial charge in [0, 0.05) is 19.2 Å². The van der Waals surface area contributed by atoms with Gasteiger partial charge >= 0.3 is 0 Å². The van der Waals surface area contributed by atoms with E-state index in [0.717, 1.165) is 25.9 Å². The molecule has 1 unspecified atom stereocenters. The quantitative estimate of drug-likeness (QED) is 0.838. The highest BCUT2D eigenvalue weighted by molar-refractivity contribution is 6.33. The van der Waals surface area contributed by atoms with Crippen LogP contribution in [0.15, 0.2) is 12.1 Å². The highest BCUT2D eigenvalue weighted by atomic mass is 35.5. The van der Waals surface area contributed by atoms with E-state index in [1.54, 1.807) is 12.1 Å². The number of methoxy groups -OCH3 is 1. The SMILES string of the molecule is CCCC1CCCN(C(=O)c2cc(Cl)c(N)cc2OC)C1.Cl. The number of carbonyl (C=O) groups is 1. The summed E-state index contributed by atoms with van der Waals surface area (Å²) in [4.78, 5) is 14.7. The van der Waals surface area contributed by atoms with E-state index in [1.807, 2.05) is 4.90 Å². The molecule has 1 atom stereocenters. The van der Waals surface area contributed by atoms with E-state index in [2.05, 4.69) is 6.92 Å². The minimum atomic E-state index is -0.0189. The minimum Gasteiger partial charge on any atom is -0.496 e. The van der Waals surface area contributed by atoms with Gasteiger partial charge in [0.25, 0.3) is 5.91 Å². The van der Waals surface area contributed by atoms with Gasteiger partial charge in [-0.25, -0.2) is 0 Å². The molecule has 1 aliphatic rings. The number of hydrogen-bond donors (Lipinski definition) is 1. The molecule has 1 fully saturated rings. The van der Waals surface area contributed by atoms with Crippen LogP contribution in [0.5, 0.6) is 5.75 Å². The molecule has 0 aliphatic carbocycles. The Kier molecular flexibility index (Phi) is 7.30. The van der Waals surface area contributed by atoms with Crippen molar-refractivity contribution >= 4 is 35.6 Å². The summed E-state index contributed by atoms with van der Waals surface area (Å²) in [7, 11) is 1.54. The molecule has 2 N–H and O–H groups in total. The molecule has 0 bridgehead atoms. The number of nitrogens with two attached hydrogens (primary N) is 1. The topological polar surface area (TPSA) is 55.6 Å². The van der Waals surface area contributed by atoms with E-state index in [-0.39, 0.29) is 18.3 Å². The Balaban J connectivity index is 0.00000242. The Morgan fingerprint density at radius 3 is 2.86 bits per heavy atom. The number of halogens is 2. The standard InChI is InChI=1S/C16H23ClN2O2.ClH/c1-3-5-11-6-4-7-19(10-11)16(20)12-8-13(17)14(18)9-15(12)21-2;/h8-9,11H,3-7,10,18H2,1-2H3;1H. The van der Waals surface area contributed by atoms with Crippen LogP contribution in [0.3, 0.4) is 0 Å². The predicted octanol–water partition coefficient (Wildman–Crippen LogP) is 4.00. The molecule has 0 spiro atoms. The number of amides is 1. The summed E-state index contributed by atoms with van der Waals surface area (Å²) >= 11 is 6.05.